The molecule has 2 fully saturated rings. The van der Waals surface area contributed by atoms with Crippen LogP contribution in [-0.4, -0.2) is 42.3 Å². The minimum Gasteiger partial charge on any atom is -0.463 e. The first-order chi connectivity index (χ1) is 10.2. The van der Waals surface area contributed by atoms with E-state index in [1.165, 1.54) is 0 Å². The summed E-state index contributed by atoms with van der Waals surface area (Å²) in [5.41, 5.74) is 0.844. The van der Waals surface area contributed by atoms with Crippen LogP contribution in [0.2, 0.25) is 0 Å². The van der Waals surface area contributed by atoms with E-state index in [-0.39, 0.29) is 17.5 Å². The fourth-order valence-corrected chi connectivity index (χ4v) is 2.81. The number of ether oxygens (including phenoxy) is 2. The topological polar surface area (TPSA) is 55.8 Å². The van der Waals surface area contributed by atoms with Crippen molar-refractivity contribution in [3.63, 3.8) is 0 Å². The number of rotatable bonds is 2. The molecule has 5 nitrogen and oxygen atoms in total. The molecule has 0 unspecified atom stereocenters. The molecule has 0 atom stereocenters. The summed E-state index contributed by atoms with van der Waals surface area (Å²) in [5.74, 6) is -0.263. The van der Waals surface area contributed by atoms with Crippen molar-refractivity contribution in [1.29, 1.82) is 0 Å². The third-order valence-electron chi connectivity index (χ3n) is 3.52. The predicted octanol–water partition coefficient (Wildman–Crippen LogP) is 3.27. The van der Waals surface area contributed by atoms with Gasteiger partial charge in [-0.15, -0.1) is 23.3 Å². The molecule has 0 N–H and O–H groups in total. The van der Waals surface area contributed by atoms with Crippen molar-refractivity contribution < 1.29 is 19.1 Å². The van der Waals surface area contributed by atoms with Crippen LogP contribution in [0.1, 0.15) is 40.5 Å². The van der Waals surface area contributed by atoms with Gasteiger partial charge in [-0.25, -0.2) is 9.59 Å². The first-order valence-corrected chi connectivity index (χ1v) is 8.87. The Balaban J connectivity index is 0.00000116. The minimum atomic E-state index is -0.450. The molecule has 126 valence electrons. The number of hydrogen-bond acceptors (Lipinski definition) is 6. The molecule has 0 aromatic rings. The highest BCUT2D eigenvalue weighted by molar-refractivity contribution is 8.59. The van der Waals surface area contributed by atoms with Crippen molar-refractivity contribution in [1.82, 2.24) is 4.90 Å². The number of allylic oxidation sites excluding steroid dienone is 1. The lowest BCUT2D eigenvalue weighted by atomic mass is 9.61. The maximum absolute atomic E-state index is 11.8. The highest BCUT2D eigenvalue weighted by Crippen LogP contribution is 2.51. The van der Waals surface area contributed by atoms with E-state index in [1.54, 1.807) is 17.9 Å². The lowest BCUT2D eigenvalue weighted by molar-refractivity contribution is -0.137. The molecule has 1 aliphatic heterocycles. The van der Waals surface area contributed by atoms with Crippen LogP contribution >= 0.6 is 23.3 Å². The van der Waals surface area contributed by atoms with E-state index in [0.29, 0.717) is 6.61 Å². The molecule has 2 aliphatic rings. The Labute approximate surface area is 142 Å². The largest absolute Gasteiger partial charge is 0.463 e. The lowest BCUT2D eigenvalue weighted by Crippen LogP contribution is -2.62. The maximum atomic E-state index is 11.8. The highest BCUT2D eigenvalue weighted by atomic mass is 33.1. The normalized spacial score (nSPS) is 18.5. The van der Waals surface area contributed by atoms with Crippen molar-refractivity contribution >= 4 is 35.4 Å². The Bertz CT molecular complexity index is 441. The molecule has 1 spiro atoms. The molecule has 22 heavy (non-hydrogen) atoms. The number of esters is 1. The number of carbonyl (C=O) groups is 2. The SMILES string of the molecule is CCOC(=O)C=C1CC2(C1)CN(C(=O)OC(C)(C)C)C2.SS. The maximum Gasteiger partial charge on any atom is 0.410 e. The zero-order valence-electron chi connectivity index (χ0n) is 13.6. The Hall–Kier alpha value is -0.820. The van der Waals surface area contributed by atoms with Gasteiger partial charge >= 0.3 is 12.1 Å². The van der Waals surface area contributed by atoms with Crippen LogP contribution in [0.15, 0.2) is 11.6 Å². The van der Waals surface area contributed by atoms with Crippen LogP contribution in [-0.2, 0) is 14.3 Å². The summed E-state index contributed by atoms with van der Waals surface area (Å²) in [6.07, 6.45) is 3.10. The fourth-order valence-electron chi connectivity index (χ4n) is 2.81. The van der Waals surface area contributed by atoms with E-state index in [4.69, 9.17) is 9.47 Å². The Morgan fingerprint density at radius 3 is 2.27 bits per heavy atom. The van der Waals surface area contributed by atoms with Crippen LogP contribution in [0, 0.1) is 5.41 Å². The van der Waals surface area contributed by atoms with Crippen LogP contribution in [0.5, 0.6) is 0 Å². The predicted molar refractivity (Wildman–Crippen MR) is 92.2 cm³/mol. The van der Waals surface area contributed by atoms with Crippen molar-refractivity contribution in [2.24, 2.45) is 5.41 Å². The van der Waals surface area contributed by atoms with Gasteiger partial charge in [0, 0.05) is 24.6 Å². The van der Waals surface area contributed by atoms with Gasteiger partial charge in [-0.3, -0.25) is 0 Å². The summed E-state index contributed by atoms with van der Waals surface area (Å²) in [6.45, 7) is 9.24. The van der Waals surface area contributed by atoms with E-state index in [1.807, 2.05) is 20.8 Å². The van der Waals surface area contributed by atoms with Gasteiger partial charge in [-0.05, 0) is 40.5 Å². The number of amides is 1. The van der Waals surface area contributed by atoms with E-state index in [2.05, 4.69) is 23.3 Å². The Morgan fingerprint density at radius 2 is 1.82 bits per heavy atom. The smallest absolute Gasteiger partial charge is 0.410 e. The molecule has 1 amide bonds. The lowest BCUT2D eigenvalue weighted by Gasteiger charge is -2.56. The molecule has 2 rings (SSSR count). The summed E-state index contributed by atoms with van der Waals surface area (Å²) in [7, 11) is 0. The third-order valence-corrected chi connectivity index (χ3v) is 3.52. The van der Waals surface area contributed by atoms with Crippen molar-refractivity contribution in [3.05, 3.63) is 11.6 Å². The number of likely N-dealkylation sites (tertiary alicyclic amines) is 1. The average molecular weight is 348 g/mol. The summed E-state index contributed by atoms with van der Waals surface area (Å²) < 4.78 is 10.2. The van der Waals surface area contributed by atoms with Gasteiger partial charge in [0.1, 0.15) is 5.60 Å². The molecule has 1 saturated heterocycles. The monoisotopic (exact) mass is 347 g/mol. The van der Waals surface area contributed by atoms with Crippen molar-refractivity contribution in [3.8, 4) is 0 Å². The van der Waals surface area contributed by atoms with Gasteiger partial charge in [-0.2, -0.15) is 0 Å². The van der Waals surface area contributed by atoms with Crippen LogP contribution < -0.4 is 0 Å². The summed E-state index contributed by atoms with van der Waals surface area (Å²) in [4.78, 5) is 24.9. The average Bonchev–Trinajstić information content (AvgIpc) is 2.31. The van der Waals surface area contributed by atoms with E-state index >= 15 is 0 Å². The summed E-state index contributed by atoms with van der Waals surface area (Å²) >= 11 is 6.44. The Morgan fingerprint density at radius 1 is 1.27 bits per heavy atom. The third kappa shape index (κ3) is 5.12. The molecule has 0 bridgehead atoms. The summed E-state index contributed by atoms with van der Waals surface area (Å²) in [6, 6.07) is 0. The molecule has 1 aliphatic carbocycles. The second-order valence-corrected chi connectivity index (χ2v) is 6.74. The second-order valence-electron chi connectivity index (χ2n) is 6.74. The molecule has 1 saturated carbocycles. The molecule has 0 radical (unpaired) electrons. The van der Waals surface area contributed by atoms with Gasteiger partial charge in [0.2, 0.25) is 0 Å². The Kier molecular flexibility index (Phi) is 6.67. The number of nitrogens with zero attached hydrogens (tertiary/aromatic N) is 1. The first-order valence-electron chi connectivity index (χ1n) is 7.27. The number of hydrogen-bond donors (Lipinski definition) is 2. The van der Waals surface area contributed by atoms with Crippen LogP contribution in [0.4, 0.5) is 4.79 Å². The molecule has 7 heteroatoms. The van der Waals surface area contributed by atoms with Crippen LogP contribution in [0.25, 0.3) is 0 Å². The van der Waals surface area contributed by atoms with Gasteiger partial charge in [-0.1, -0.05) is 5.57 Å². The van der Waals surface area contributed by atoms with Crippen molar-refractivity contribution in [2.75, 3.05) is 19.7 Å². The highest BCUT2D eigenvalue weighted by Gasteiger charge is 2.52. The zero-order chi connectivity index (χ0) is 17.0. The quantitative estimate of drug-likeness (QED) is 0.348. The number of carbonyl (C=O) groups excluding carboxylic acids is 2. The first kappa shape index (κ1) is 19.2. The van der Waals surface area contributed by atoms with Crippen LogP contribution in [0.3, 0.4) is 0 Å². The van der Waals surface area contributed by atoms with E-state index in [9.17, 15) is 9.59 Å². The van der Waals surface area contributed by atoms with E-state index in [0.717, 1.165) is 31.5 Å². The van der Waals surface area contributed by atoms with E-state index < -0.39 is 5.60 Å². The van der Waals surface area contributed by atoms with Gasteiger partial charge in [0.25, 0.3) is 0 Å². The molecular weight excluding hydrogens is 322 g/mol. The second kappa shape index (κ2) is 7.64. The van der Waals surface area contributed by atoms with Crippen molar-refractivity contribution in [2.45, 2.75) is 46.1 Å². The van der Waals surface area contributed by atoms with Gasteiger partial charge in [0.05, 0.1) is 6.61 Å². The molecule has 0 aromatic carbocycles. The minimum absolute atomic E-state index is 0.176. The molecule has 0 aromatic heterocycles. The molecule has 1 heterocycles. The van der Waals surface area contributed by atoms with Gasteiger partial charge in [0.15, 0.2) is 0 Å². The fraction of sp³-hybridized carbons (Fsp3) is 0.733. The zero-order valence-corrected chi connectivity index (χ0v) is 15.4. The molecular formula is C15H25NO4S2. The van der Waals surface area contributed by atoms with Gasteiger partial charge < -0.3 is 14.4 Å². The summed E-state index contributed by atoms with van der Waals surface area (Å²) in [5, 5.41) is 0. The number of thiol groups is 2. The standard InChI is InChI=1S/C15H23NO4.H2S2/c1-5-19-12(17)6-11-7-15(8-11)9-16(10-15)13(18)20-14(2,3)4;1-2/h6H,5,7-10H2,1-4H3;1-2H.